The summed E-state index contributed by atoms with van der Waals surface area (Å²) in [7, 11) is -3.54. The van der Waals surface area contributed by atoms with Crippen LogP contribution in [0.3, 0.4) is 0 Å². The normalized spacial score (nSPS) is 27.4. The largest absolute Gasteiger partial charge is 0.243 e. The Morgan fingerprint density at radius 1 is 1.00 bits per heavy atom. The maximum Gasteiger partial charge on any atom is 0.243 e. The van der Waals surface area contributed by atoms with Gasteiger partial charge in [0.1, 0.15) is 0 Å². The molecule has 4 rings (SSSR count). The molecule has 0 N–H and O–H groups in total. The van der Waals surface area contributed by atoms with Gasteiger partial charge in [0.05, 0.1) is 4.90 Å². The number of nitrogens with zero attached hydrogens (tertiary/aromatic N) is 1. The smallest absolute Gasteiger partial charge is 0.207 e. The summed E-state index contributed by atoms with van der Waals surface area (Å²) < 4.78 is 28.5. The molecule has 0 unspecified atom stereocenters. The molecule has 0 amide bonds. The van der Waals surface area contributed by atoms with E-state index in [-0.39, 0.29) is 5.92 Å². The molecular weight excluding hydrogens is 354 g/mol. The van der Waals surface area contributed by atoms with E-state index in [1.165, 1.54) is 11.1 Å². The van der Waals surface area contributed by atoms with Crippen molar-refractivity contribution in [2.24, 2.45) is 11.8 Å². The molecule has 1 aliphatic carbocycles. The van der Waals surface area contributed by atoms with E-state index in [2.05, 4.69) is 37.3 Å². The van der Waals surface area contributed by atoms with Gasteiger partial charge in [0.15, 0.2) is 0 Å². The van der Waals surface area contributed by atoms with Crippen molar-refractivity contribution in [3.05, 3.63) is 77.4 Å². The highest BCUT2D eigenvalue weighted by molar-refractivity contribution is 7.89. The number of sulfonamides is 1. The van der Waals surface area contributed by atoms with Gasteiger partial charge in [-0.15, -0.1) is 0 Å². The van der Waals surface area contributed by atoms with Crippen molar-refractivity contribution >= 4 is 10.0 Å². The summed E-state index contributed by atoms with van der Waals surface area (Å²) >= 11 is 0. The van der Waals surface area contributed by atoms with Crippen molar-refractivity contribution in [3.63, 3.8) is 0 Å². The minimum absolute atomic E-state index is 0.260. The average Bonchev–Trinajstić information content (AvgIpc) is 2.63. The molecule has 0 bridgehead atoms. The third kappa shape index (κ3) is 2.95. The minimum atomic E-state index is -3.54. The van der Waals surface area contributed by atoms with Gasteiger partial charge in [0, 0.05) is 18.0 Å². The zero-order valence-corrected chi connectivity index (χ0v) is 17.2. The van der Waals surface area contributed by atoms with E-state index in [1.807, 2.05) is 39.0 Å². The molecule has 27 heavy (non-hydrogen) atoms. The molecule has 0 aromatic heterocycles. The topological polar surface area (TPSA) is 37.4 Å². The van der Waals surface area contributed by atoms with E-state index in [4.69, 9.17) is 0 Å². The Morgan fingerprint density at radius 3 is 2.26 bits per heavy atom. The van der Waals surface area contributed by atoms with Gasteiger partial charge in [0.2, 0.25) is 10.0 Å². The molecule has 1 saturated carbocycles. The second-order valence-corrected chi connectivity index (χ2v) is 10.3. The SMILES string of the molecule is Cc1ccc(S(=O)(=O)N2C[C@H]3C(=CC2(C)C)[C@@H](C)[C@@H]3c2ccccc2)cc1. The van der Waals surface area contributed by atoms with Crippen molar-refractivity contribution in [2.45, 2.75) is 44.0 Å². The maximum absolute atomic E-state index is 13.4. The Labute approximate surface area is 162 Å². The number of hydrogen-bond acceptors (Lipinski definition) is 2. The molecule has 142 valence electrons. The van der Waals surface area contributed by atoms with Gasteiger partial charge in [0.25, 0.3) is 0 Å². The summed E-state index contributed by atoms with van der Waals surface area (Å²) in [6, 6.07) is 17.7. The second kappa shape index (κ2) is 6.32. The highest BCUT2D eigenvalue weighted by Crippen LogP contribution is 2.55. The highest BCUT2D eigenvalue weighted by Gasteiger charge is 2.52. The van der Waals surface area contributed by atoms with Gasteiger partial charge in [-0.2, -0.15) is 4.31 Å². The Morgan fingerprint density at radius 2 is 1.63 bits per heavy atom. The lowest BCUT2D eigenvalue weighted by atomic mass is 9.57. The van der Waals surface area contributed by atoms with Crippen molar-refractivity contribution in [3.8, 4) is 0 Å². The summed E-state index contributed by atoms with van der Waals surface area (Å²) in [5.41, 5.74) is 3.25. The molecule has 0 spiro atoms. The zero-order valence-electron chi connectivity index (χ0n) is 16.4. The Hall–Kier alpha value is -1.91. The van der Waals surface area contributed by atoms with E-state index < -0.39 is 15.6 Å². The van der Waals surface area contributed by atoms with Crippen LogP contribution < -0.4 is 0 Å². The molecule has 3 atom stereocenters. The fourth-order valence-electron chi connectivity index (χ4n) is 4.78. The first-order valence-corrected chi connectivity index (χ1v) is 11.0. The lowest BCUT2D eigenvalue weighted by Gasteiger charge is -2.54. The number of hydrogen-bond donors (Lipinski definition) is 0. The fourth-order valence-corrected chi connectivity index (χ4v) is 6.54. The van der Waals surface area contributed by atoms with Gasteiger partial charge in [-0.25, -0.2) is 8.42 Å². The van der Waals surface area contributed by atoms with Crippen LogP contribution in [-0.4, -0.2) is 24.8 Å². The highest BCUT2D eigenvalue weighted by atomic mass is 32.2. The molecule has 2 aromatic rings. The van der Waals surface area contributed by atoms with Gasteiger partial charge >= 0.3 is 0 Å². The standard InChI is InChI=1S/C23H27NO2S/c1-16-10-12-19(13-11-16)27(25,26)24-15-21-20(14-23(24,3)4)17(2)22(21)18-8-6-5-7-9-18/h5-14,17,21-22H,15H2,1-4H3/t17-,21+,22-/m1/s1. The molecule has 0 radical (unpaired) electrons. The molecule has 1 aliphatic heterocycles. The monoisotopic (exact) mass is 381 g/mol. The van der Waals surface area contributed by atoms with Crippen LogP contribution in [0.5, 0.6) is 0 Å². The number of fused-ring (bicyclic) bond motifs is 1. The van der Waals surface area contributed by atoms with Crippen molar-refractivity contribution in [1.82, 2.24) is 4.31 Å². The summed E-state index contributed by atoms with van der Waals surface area (Å²) in [5.74, 6) is 1.10. The second-order valence-electron chi connectivity index (χ2n) is 8.48. The predicted octanol–water partition coefficient (Wildman–Crippen LogP) is 4.75. The molecule has 1 fully saturated rings. The quantitative estimate of drug-likeness (QED) is 0.719. The number of aryl methyl sites for hydroxylation is 1. The van der Waals surface area contributed by atoms with Crippen LogP contribution in [-0.2, 0) is 10.0 Å². The van der Waals surface area contributed by atoms with E-state index >= 15 is 0 Å². The third-order valence-electron chi connectivity index (χ3n) is 6.24. The van der Waals surface area contributed by atoms with Crippen molar-refractivity contribution < 1.29 is 8.42 Å². The van der Waals surface area contributed by atoms with Crippen LogP contribution in [0.4, 0.5) is 0 Å². The molecule has 2 aliphatic rings. The molecule has 3 nitrogen and oxygen atoms in total. The van der Waals surface area contributed by atoms with Crippen molar-refractivity contribution in [2.75, 3.05) is 6.54 Å². The molecule has 2 aromatic carbocycles. The van der Waals surface area contributed by atoms with Crippen LogP contribution in [0, 0.1) is 18.8 Å². The third-order valence-corrected chi connectivity index (χ3v) is 8.31. The van der Waals surface area contributed by atoms with Crippen molar-refractivity contribution in [1.29, 1.82) is 0 Å². The summed E-state index contributed by atoms with van der Waals surface area (Å²) in [5, 5.41) is 0. The lowest BCUT2D eigenvalue weighted by Crippen LogP contribution is -2.57. The molecule has 4 heteroatoms. The molecule has 0 saturated heterocycles. The van der Waals surface area contributed by atoms with Gasteiger partial charge in [-0.3, -0.25) is 0 Å². The van der Waals surface area contributed by atoms with Crippen LogP contribution in [0.15, 0.2) is 71.1 Å². The maximum atomic E-state index is 13.4. The Kier molecular flexibility index (Phi) is 4.32. The van der Waals surface area contributed by atoms with E-state index in [0.29, 0.717) is 23.3 Å². The fraction of sp³-hybridized carbons (Fsp3) is 0.391. The van der Waals surface area contributed by atoms with Crippen LogP contribution in [0.2, 0.25) is 0 Å². The number of benzene rings is 2. The van der Waals surface area contributed by atoms with Crippen LogP contribution >= 0.6 is 0 Å². The average molecular weight is 382 g/mol. The molecule has 1 heterocycles. The minimum Gasteiger partial charge on any atom is -0.207 e. The predicted molar refractivity (Wildman–Crippen MR) is 109 cm³/mol. The van der Waals surface area contributed by atoms with Gasteiger partial charge < -0.3 is 0 Å². The van der Waals surface area contributed by atoms with Gasteiger partial charge in [-0.05, 0) is 50.3 Å². The number of rotatable bonds is 3. The Bertz CT molecular complexity index is 975. The Balaban J connectivity index is 1.71. The summed E-state index contributed by atoms with van der Waals surface area (Å²) in [6.45, 7) is 8.78. The van der Waals surface area contributed by atoms with E-state index in [1.54, 1.807) is 16.4 Å². The first-order chi connectivity index (χ1) is 12.7. The summed E-state index contributed by atoms with van der Waals surface area (Å²) in [6.07, 6.45) is 2.19. The van der Waals surface area contributed by atoms with Gasteiger partial charge in [-0.1, -0.05) is 66.6 Å². The first-order valence-electron chi connectivity index (χ1n) is 9.59. The van der Waals surface area contributed by atoms with E-state index in [9.17, 15) is 8.42 Å². The first kappa shape index (κ1) is 18.5. The van der Waals surface area contributed by atoms with Crippen LogP contribution in [0.25, 0.3) is 0 Å². The lowest BCUT2D eigenvalue weighted by molar-refractivity contribution is 0.149. The summed E-state index contributed by atoms with van der Waals surface area (Å²) in [4.78, 5) is 0.377. The zero-order chi connectivity index (χ0) is 19.4. The molecular formula is C23H27NO2S. The van der Waals surface area contributed by atoms with E-state index in [0.717, 1.165) is 5.56 Å². The van der Waals surface area contributed by atoms with Crippen LogP contribution in [0.1, 0.15) is 37.8 Å².